The number of benzene rings is 2. The van der Waals surface area contributed by atoms with E-state index in [4.69, 9.17) is 13.9 Å². The van der Waals surface area contributed by atoms with E-state index in [1.54, 1.807) is 31.6 Å². The van der Waals surface area contributed by atoms with E-state index in [0.717, 1.165) is 5.56 Å². The maximum absolute atomic E-state index is 12.4. The molecule has 0 bridgehead atoms. The van der Waals surface area contributed by atoms with Crippen LogP contribution in [0, 0.1) is 0 Å². The Morgan fingerprint density at radius 1 is 1.00 bits per heavy atom. The Hall–Kier alpha value is -3.21. The van der Waals surface area contributed by atoms with Gasteiger partial charge in [-0.25, -0.2) is 0 Å². The first kappa shape index (κ1) is 16.6. The average molecular weight is 337 g/mol. The molecule has 25 heavy (non-hydrogen) atoms. The van der Waals surface area contributed by atoms with Crippen LogP contribution in [0.25, 0.3) is 0 Å². The third-order valence-corrected chi connectivity index (χ3v) is 3.69. The van der Waals surface area contributed by atoms with Crippen molar-refractivity contribution in [3.8, 4) is 11.5 Å². The molecule has 2 aromatic carbocycles. The minimum Gasteiger partial charge on any atom is -0.493 e. The fraction of sp³-hybridized carbons (Fsp3) is 0.150. The van der Waals surface area contributed by atoms with E-state index in [1.807, 2.05) is 48.5 Å². The Bertz CT molecular complexity index is 800. The Morgan fingerprint density at radius 2 is 1.72 bits per heavy atom. The van der Waals surface area contributed by atoms with Gasteiger partial charge in [0, 0.05) is 0 Å². The molecule has 5 heteroatoms. The van der Waals surface area contributed by atoms with Crippen molar-refractivity contribution in [2.75, 3.05) is 13.7 Å². The van der Waals surface area contributed by atoms with Crippen molar-refractivity contribution in [3.05, 3.63) is 84.3 Å². The van der Waals surface area contributed by atoms with Crippen LogP contribution in [0.1, 0.15) is 17.4 Å². The highest BCUT2D eigenvalue weighted by Gasteiger charge is 2.19. The largest absolute Gasteiger partial charge is 0.493 e. The summed E-state index contributed by atoms with van der Waals surface area (Å²) in [4.78, 5) is 12.4. The van der Waals surface area contributed by atoms with Crippen LogP contribution in [0.5, 0.6) is 11.5 Å². The van der Waals surface area contributed by atoms with E-state index >= 15 is 0 Å². The number of methoxy groups -OCH3 is 1. The van der Waals surface area contributed by atoms with E-state index < -0.39 is 0 Å². The van der Waals surface area contributed by atoms with E-state index in [9.17, 15) is 4.79 Å². The molecule has 0 unspecified atom stereocenters. The van der Waals surface area contributed by atoms with Gasteiger partial charge in [0.2, 0.25) is 0 Å². The number of para-hydroxylation sites is 2. The number of ether oxygens (including phenoxy) is 2. The summed E-state index contributed by atoms with van der Waals surface area (Å²) in [7, 11) is 1.56. The van der Waals surface area contributed by atoms with Crippen molar-refractivity contribution in [2.45, 2.75) is 6.04 Å². The Balaban J connectivity index is 1.69. The van der Waals surface area contributed by atoms with Gasteiger partial charge in [-0.2, -0.15) is 0 Å². The summed E-state index contributed by atoms with van der Waals surface area (Å²) in [6.07, 6.45) is 1.59. The molecule has 5 nitrogen and oxygen atoms in total. The molecular weight excluding hydrogens is 318 g/mol. The van der Waals surface area contributed by atoms with Gasteiger partial charge in [0.25, 0.3) is 5.91 Å². The number of hydrogen-bond acceptors (Lipinski definition) is 4. The number of furan rings is 1. The molecule has 3 rings (SSSR count). The van der Waals surface area contributed by atoms with E-state index in [2.05, 4.69) is 5.32 Å². The van der Waals surface area contributed by atoms with Gasteiger partial charge in [-0.3, -0.25) is 4.79 Å². The Labute approximate surface area is 146 Å². The summed E-state index contributed by atoms with van der Waals surface area (Å²) >= 11 is 0. The lowest BCUT2D eigenvalue weighted by Gasteiger charge is -2.17. The molecule has 1 aromatic heterocycles. The molecule has 0 saturated heterocycles. The highest BCUT2D eigenvalue weighted by molar-refractivity contribution is 5.78. The van der Waals surface area contributed by atoms with E-state index in [0.29, 0.717) is 17.3 Å². The number of carbonyl (C=O) groups is 1. The van der Waals surface area contributed by atoms with Crippen molar-refractivity contribution in [3.63, 3.8) is 0 Å². The molecule has 1 amide bonds. The van der Waals surface area contributed by atoms with E-state index in [1.165, 1.54) is 0 Å². The van der Waals surface area contributed by atoms with Gasteiger partial charge in [0.05, 0.1) is 13.4 Å². The molecule has 0 aliphatic carbocycles. The van der Waals surface area contributed by atoms with Crippen LogP contribution in [0.15, 0.2) is 77.4 Å². The zero-order chi connectivity index (χ0) is 17.5. The molecule has 0 radical (unpaired) electrons. The van der Waals surface area contributed by atoms with Crippen LogP contribution in [0.4, 0.5) is 0 Å². The van der Waals surface area contributed by atoms with Crippen LogP contribution in [0.2, 0.25) is 0 Å². The molecule has 1 heterocycles. The lowest BCUT2D eigenvalue weighted by molar-refractivity contribution is -0.123. The zero-order valence-electron chi connectivity index (χ0n) is 13.8. The van der Waals surface area contributed by atoms with Crippen LogP contribution in [-0.4, -0.2) is 19.6 Å². The van der Waals surface area contributed by atoms with Crippen molar-refractivity contribution >= 4 is 5.91 Å². The molecule has 3 aromatic rings. The predicted molar refractivity (Wildman–Crippen MR) is 93.6 cm³/mol. The summed E-state index contributed by atoms with van der Waals surface area (Å²) in [6, 6.07) is 20.1. The summed E-state index contributed by atoms with van der Waals surface area (Å²) < 4.78 is 16.3. The number of nitrogens with one attached hydrogen (secondary N) is 1. The zero-order valence-corrected chi connectivity index (χ0v) is 13.8. The fourth-order valence-electron chi connectivity index (χ4n) is 2.50. The topological polar surface area (TPSA) is 60.7 Å². The number of amides is 1. The van der Waals surface area contributed by atoms with Crippen molar-refractivity contribution in [2.24, 2.45) is 0 Å². The fourth-order valence-corrected chi connectivity index (χ4v) is 2.50. The Kier molecular flexibility index (Phi) is 5.36. The smallest absolute Gasteiger partial charge is 0.258 e. The summed E-state index contributed by atoms with van der Waals surface area (Å²) in [6.45, 7) is -0.121. The molecule has 0 saturated carbocycles. The van der Waals surface area contributed by atoms with Gasteiger partial charge in [-0.15, -0.1) is 0 Å². The van der Waals surface area contributed by atoms with Crippen LogP contribution in [0.3, 0.4) is 0 Å². The molecular formula is C20H19NO4. The molecule has 1 N–H and O–H groups in total. The van der Waals surface area contributed by atoms with Crippen LogP contribution in [-0.2, 0) is 4.79 Å². The van der Waals surface area contributed by atoms with Crippen LogP contribution >= 0.6 is 0 Å². The van der Waals surface area contributed by atoms with Gasteiger partial charge in [-0.05, 0) is 29.8 Å². The van der Waals surface area contributed by atoms with Gasteiger partial charge < -0.3 is 19.2 Å². The average Bonchev–Trinajstić information content (AvgIpc) is 3.20. The van der Waals surface area contributed by atoms with Crippen molar-refractivity contribution in [1.29, 1.82) is 0 Å². The van der Waals surface area contributed by atoms with Gasteiger partial charge in [0.15, 0.2) is 18.1 Å². The second kappa shape index (κ2) is 8.06. The maximum atomic E-state index is 12.4. The lowest BCUT2D eigenvalue weighted by Crippen LogP contribution is -2.33. The molecule has 0 aliphatic rings. The summed E-state index contributed by atoms with van der Waals surface area (Å²) in [5.41, 5.74) is 0.933. The SMILES string of the molecule is COc1ccccc1OCC(=O)N[C@@H](c1ccccc1)c1ccco1. The quantitative estimate of drug-likeness (QED) is 0.716. The number of rotatable bonds is 7. The molecule has 0 fully saturated rings. The lowest BCUT2D eigenvalue weighted by atomic mass is 10.0. The third kappa shape index (κ3) is 4.20. The minimum absolute atomic E-state index is 0.121. The monoisotopic (exact) mass is 337 g/mol. The Morgan fingerprint density at radius 3 is 2.40 bits per heavy atom. The van der Waals surface area contributed by atoms with Gasteiger partial charge in [-0.1, -0.05) is 42.5 Å². The summed E-state index contributed by atoms with van der Waals surface area (Å²) in [5, 5.41) is 2.94. The minimum atomic E-state index is -0.370. The predicted octanol–water partition coefficient (Wildman–Crippen LogP) is 3.57. The first-order valence-corrected chi connectivity index (χ1v) is 7.91. The molecule has 1 atom stereocenters. The summed E-state index contributed by atoms with van der Waals surface area (Å²) in [5.74, 6) is 1.52. The first-order chi connectivity index (χ1) is 12.3. The van der Waals surface area contributed by atoms with Gasteiger partial charge >= 0.3 is 0 Å². The van der Waals surface area contributed by atoms with E-state index in [-0.39, 0.29) is 18.6 Å². The molecule has 128 valence electrons. The van der Waals surface area contributed by atoms with Crippen molar-refractivity contribution < 1.29 is 18.7 Å². The molecule has 0 spiro atoms. The highest BCUT2D eigenvalue weighted by atomic mass is 16.5. The molecule has 0 aliphatic heterocycles. The van der Waals surface area contributed by atoms with Crippen molar-refractivity contribution in [1.82, 2.24) is 5.32 Å². The maximum Gasteiger partial charge on any atom is 0.258 e. The number of hydrogen-bond donors (Lipinski definition) is 1. The number of carbonyl (C=O) groups excluding carboxylic acids is 1. The standard InChI is InChI=1S/C20H19NO4/c1-23-16-10-5-6-11-17(16)25-14-19(22)21-20(18-12-7-13-24-18)15-8-3-2-4-9-15/h2-13,20H,14H2,1H3,(H,21,22)/t20-/m0/s1. The first-order valence-electron chi connectivity index (χ1n) is 7.91. The third-order valence-electron chi connectivity index (χ3n) is 3.69. The highest BCUT2D eigenvalue weighted by Crippen LogP contribution is 2.26. The second-order valence-corrected chi connectivity index (χ2v) is 5.37. The second-order valence-electron chi connectivity index (χ2n) is 5.37. The van der Waals surface area contributed by atoms with Crippen LogP contribution < -0.4 is 14.8 Å². The van der Waals surface area contributed by atoms with Gasteiger partial charge in [0.1, 0.15) is 11.8 Å². The normalized spacial score (nSPS) is 11.6.